The summed E-state index contributed by atoms with van der Waals surface area (Å²) in [6.07, 6.45) is 7.15. The van der Waals surface area contributed by atoms with Gasteiger partial charge in [0.1, 0.15) is 0 Å². The zero-order valence-corrected chi connectivity index (χ0v) is 18.6. The van der Waals surface area contributed by atoms with Crippen molar-refractivity contribution in [2.75, 3.05) is 5.32 Å². The first-order valence-electron chi connectivity index (χ1n) is 10.9. The number of aromatic nitrogens is 3. The molecule has 3 aromatic heterocycles. The maximum absolute atomic E-state index is 12.2. The molecule has 1 amide bonds. The van der Waals surface area contributed by atoms with Gasteiger partial charge in [-0.1, -0.05) is 32.0 Å². The van der Waals surface area contributed by atoms with E-state index in [1.807, 2.05) is 42.7 Å². The summed E-state index contributed by atoms with van der Waals surface area (Å²) in [7, 11) is 0. The third-order valence-corrected chi connectivity index (χ3v) is 7.44. The first-order valence-corrected chi connectivity index (χ1v) is 10.9. The van der Waals surface area contributed by atoms with Gasteiger partial charge in [-0.25, -0.2) is 4.52 Å². The molecular weight excluding hydrogens is 400 g/mol. The number of pyridine rings is 1. The van der Waals surface area contributed by atoms with Gasteiger partial charge in [-0.05, 0) is 38.0 Å². The van der Waals surface area contributed by atoms with Gasteiger partial charge in [-0.15, -0.1) is 0 Å². The van der Waals surface area contributed by atoms with Crippen molar-refractivity contribution in [3.8, 4) is 11.1 Å². The minimum Gasteiger partial charge on any atom is -0.379 e. The van der Waals surface area contributed by atoms with Crippen LogP contribution in [0, 0.1) is 5.41 Å². The van der Waals surface area contributed by atoms with Crippen LogP contribution in [0.4, 0.5) is 5.69 Å². The second-order valence-corrected chi connectivity index (χ2v) is 9.65. The topological polar surface area (TPSA) is 111 Å². The molecule has 0 aliphatic heterocycles. The minimum absolute atomic E-state index is 0.0995. The van der Waals surface area contributed by atoms with Gasteiger partial charge in [0.15, 0.2) is 0 Å². The smallest absolute Gasteiger partial charge is 0.252 e. The first kappa shape index (κ1) is 20.5. The summed E-state index contributed by atoms with van der Waals surface area (Å²) in [4.78, 5) is 16.8. The number of carbonyl (C=O) groups is 1. The molecule has 5 N–H and O–H groups in total. The van der Waals surface area contributed by atoms with Crippen LogP contribution in [0.25, 0.3) is 27.5 Å². The van der Waals surface area contributed by atoms with E-state index in [-0.39, 0.29) is 17.0 Å². The lowest BCUT2D eigenvalue weighted by Crippen LogP contribution is -2.51. The number of anilines is 1. The number of fused-ring (bicyclic) bond motifs is 2. The zero-order chi connectivity index (χ0) is 22.7. The van der Waals surface area contributed by atoms with Crippen molar-refractivity contribution in [2.24, 2.45) is 16.9 Å². The fraction of sp³-hybridized carbons (Fsp3) is 0.320. The van der Waals surface area contributed by atoms with E-state index in [9.17, 15) is 4.79 Å². The Hall–Kier alpha value is -3.45. The Morgan fingerprint density at radius 1 is 1.16 bits per heavy atom. The summed E-state index contributed by atoms with van der Waals surface area (Å²) in [5, 5.41) is 9.13. The number of nitrogens with two attached hydrogens (primary N) is 2. The molecule has 7 nitrogen and oxygen atoms in total. The highest BCUT2D eigenvalue weighted by Gasteiger charge is 2.49. The summed E-state index contributed by atoms with van der Waals surface area (Å²) in [5.41, 5.74) is 16.6. The quantitative estimate of drug-likeness (QED) is 0.455. The van der Waals surface area contributed by atoms with Crippen LogP contribution in [-0.2, 0) is 0 Å². The SMILES string of the molecule is CC1(C)[C@H](Nc2c(C(N)=O)cnn3cc(-c4cnc5ccccc5c4)cc23)CC[C@]1(C)N. The summed E-state index contributed by atoms with van der Waals surface area (Å²) in [6, 6.07) is 12.3. The molecule has 1 aliphatic rings. The van der Waals surface area contributed by atoms with E-state index in [0.717, 1.165) is 40.4 Å². The second kappa shape index (κ2) is 7.03. The molecule has 7 heteroatoms. The van der Waals surface area contributed by atoms with E-state index in [0.29, 0.717) is 11.3 Å². The zero-order valence-electron chi connectivity index (χ0n) is 18.6. The lowest BCUT2D eigenvalue weighted by Gasteiger charge is -2.39. The van der Waals surface area contributed by atoms with Crippen molar-refractivity contribution in [3.05, 3.63) is 60.6 Å². The normalized spacial score (nSPS) is 22.4. The van der Waals surface area contributed by atoms with Crippen molar-refractivity contribution < 1.29 is 4.79 Å². The number of primary amides is 1. The number of para-hydroxylation sites is 1. The predicted octanol–water partition coefficient (Wildman–Crippen LogP) is 3.97. The number of rotatable bonds is 4. The van der Waals surface area contributed by atoms with Crippen LogP contribution >= 0.6 is 0 Å². The predicted molar refractivity (Wildman–Crippen MR) is 127 cm³/mol. The molecule has 0 bridgehead atoms. The fourth-order valence-electron chi connectivity index (χ4n) is 4.73. The largest absolute Gasteiger partial charge is 0.379 e. The van der Waals surface area contributed by atoms with Gasteiger partial charge in [0.25, 0.3) is 5.91 Å². The lowest BCUT2D eigenvalue weighted by molar-refractivity contribution is 0.100. The number of amides is 1. The highest BCUT2D eigenvalue weighted by Crippen LogP contribution is 2.46. The van der Waals surface area contributed by atoms with Crippen LogP contribution in [0.2, 0.25) is 0 Å². The number of hydrogen-bond donors (Lipinski definition) is 3. The van der Waals surface area contributed by atoms with E-state index >= 15 is 0 Å². The van der Waals surface area contributed by atoms with Gasteiger partial charge in [0, 0.05) is 45.9 Å². The van der Waals surface area contributed by atoms with Crippen LogP contribution in [0.1, 0.15) is 44.0 Å². The fourth-order valence-corrected chi connectivity index (χ4v) is 4.73. The summed E-state index contributed by atoms with van der Waals surface area (Å²) in [5.74, 6) is -0.510. The molecule has 1 fully saturated rings. The van der Waals surface area contributed by atoms with Crippen LogP contribution in [-0.4, -0.2) is 32.1 Å². The van der Waals surface area contributed by atoms with Gasteiger partial charge >= 0.3 is 0 Å². The van der Waals surface area contributed by atoms with Crippen molar-refractivity contribution >= 4 is 28.0 Å². The number of nitrogens with zero attached hydrogens (tertiary/aromatic N) is 3. The Balaban J connectivity index is 1.62. The van der Waals surface area contributed by atoms with Gasteiger partial charge < -0.3 is 16.8 Å². The number of nitrogens with one attached hydrogen (secondary N) is 1. The Bertz CT molecular complexity index is 1350. The Labute approximate surface area is 186 Å². The van der Waals surface area contributed by atoms with Crippen molar-refractivity contribution in [1.29, 1.82) is 0 Å². The summed E-state index contributed by atoms with van der Waals surface area (Å²) >= 11 is 0. The van der Waals surface area contributed by atoms with Gasteiger partial charge in [0.05, 0.1) is 28.5 Å². The van der Waals surface area contributed by atoms with Crippen LogP contribution in [0.15, 0.2) is 55.0 Å². The molecule has 4 aromatic rings. The number of benzene rings is 1. The molecule has 1 saturated carbocycles. The highest BCUT2D eigenvalue weighted by atomic mass is 16.1. The Kier molecular flexibility index (Phi) is 4.49. The third-order valence-electron chi connectivity index (χ3n) is 7.44. The molecule has 164 valence electrons. The number of carbonyl (C=O) groups excluding carboxylic acids is 1. The first-order chi connectivity index (χ1) is 15.2. The molecule has 0 unspecified atom stereocenters. The lowest BCUT2D eigenvalue weighted by atomic mass is 9.75. The van der Waals surface area contributed by atoms with Gasteiger partial charge in [-0.3, -0.25) is 9.78 Å². The van der Waals surface area contributed by atoms with Crippen LogP contribution < -0.4 is 16.8 Å². The van der Waals surface area contributed by atoms with E-state index in [1.54, 1.807) is 4.52 Å². The molecular formula is C25H28N6O. The maximum atomic E-state index is 12.2. The van der Waals surface area contributed by atoms with Crippen LogP contribution in [0.5, 0.6) is 0 Å². The van der Waals surface area contributed by atoms with E-state index in [1.165, 1.54) is 6.20 Å². The second-order valence-electron chi connectivity index (χ2n) is 9.65. The molecule has 0 radical (unpaired) electrons. The standard InChI is InChI=1S/C25H28N6O/c1-24(2)21(8-9-25(24,3)27)30-22-18(23(26)32)13-29-31-14-17(11-20(22)31)16-10-15-6-4-5-7-19(15)28-12-16/h4-7,10-14,21,30H,8-9,27H2,1-3H3,(H2,26,32)/t21-,25+/m1/s1. The molecule has 2 atom stereocenters. The molecule has 0 saturated heterocycles. The molecule has 5 rings (SSSR count). The molecule has 0 spiro atoms. The molecule has 1 aliphatic carbocycles. The van der Waals surface area contributed by atoms with Crippen LogP contribution in [0.3, 0.4) is 0 Å². The molecule has 1 aromatic carbocycles. The summed E-state index contributed by atoms with van der Waals surface area (Å²) < 4.78 is 1.78. The van der Waals surface area contributed by atoms with Crippen molar-refractivity contribution in [2.45, 2.75) is 45.2 Å². The summed E-state index contributed by atoms with van der Waals surface area (Å²) in [6.45, 7) is 6.43. The average molecular weight is 429 g/mol. The van der Waals surface area contributed by atoms with E-state index in [4.69, 9.17) is 11.5 Å². The highest BCUT2D eigenvalue weighted by molar-refractivity contribution is 6.02. The van der Waals surface area contributed by atoms with Crippen molar-refractivity contribution in [3.63, 3.8) is 0 Å². The van der Waals surface area contributed by atoms with E-state index < -0.39 is 5.91 Å². The maximum Gasteiger partial charge on any atom is 0.252 e. The Morgan fingerprint density at radius 2 is 1.94 bits per heavy atom. The van der Waals surface area contributed by atoms with Crippen molar-refractivity contribution in [1.82, 2.24) is 14.6 Å². The monoisotopic (exact) mass is 428 g/mol. The average Bonchev–Trinajstić information content (AvgIpc) is 3.28. The Morgan fingerprint density at radius 3 is 2.66 bits per heavy atom. The third kappa shape index (κ3) is 3.12. The van der Waals surface area contributed by atoms with E-state index in [2.05, 4.69) is 42.2 Å². The van der Waals surface area contributed by atoms with Gasteiger partial charge in [-0.2, -0.15) is 5.10 Å². The molecule has 3 heterocycles. The molecule has 32 heavy (non-hydrogen) atoms. The number of hydrogen-bond acceptors (Lipinski definition) is 5. The van der Waals surface area contributed by atoms with Gasteiger partial charge in [0.2, 0.25) is 0 Å². The minimum atomic E-state index is -0.510.